The highest BCUT2D eigenvalue weighted by molar-refractivity contribution is 14.1. The zero-order chi connectivity index (χ0) is 23.8. The number of carbonyl (C=O) groups is 2. The maximum Gasteiger partial charge on any atom is 0.343 e. The van der Waals surface area contributed by atoms with Crippen molar-refractivity contribution in [3.05, 3.63) is 85.4 Å². The summed E-state index contributed by atoms with van der Waals surface area (Å²) in [5, 5.41) is 4.03. The maximum atomic E-state index is 12.6. The van der Waals surface area contributed by atoms with Crippen LogP contribution in [0.25, 0.3) is 0 Å². The number of rotatable bonds is 8. The minimum Gasteiger partial charge on any atom is -0.497 e. The number of hydrogen-bond acceptors (Lipinski definition) is 6. The van der Waals surface area contributed by atoms with Crippen molar-refractivity contribution in [2.45, 2.75) is 6.92 Å². The average molecular weight is 623 g/mol. The van der Waals surface area contributed by atoms with Gasteiger partial charge >= 0.3 is 5.97 Å². The molecule has 0 atom stereocenters. The molecule has 3 rings (SSSR count). The minimum absolute atomic E-state index is 0.314. The molecule has 1 N–H and O–H groups in total. The number of esters is 1. The van der Waals surface area contributed by atoms with Crippen molar-refractivity contribution in [2.75, 3.05) is 13.7 Å². The molecule has 0 saturated carbocycles. The van der Waals surface area contributed by atoms with E-state index in [1.165, 1.54) is 6.21 Å². The van der Waals surface area contributed by atoms with Gasteiger partial charge in [0.15, 0.2) is 11.5 Å². The molecule has 3 aromatic rings. The SMILES string of the molecule is CCOc1cc(/C=N\NC(=O)c2cccc(Br)c2)cc(I)c1OC(=O)c1ccc(OC)cc1. The molecule has 0 fully saturated rings. The van der Waals surface area contributed by atoms with E-state index in [-0.39, 0.29) is 5.91 Å². The highest BCUT2D eigenvalue weighted by Gasteiger charge is 2.17. The van der Waals surface area contributed by atoms with E-state index in [2.05, 4.69) is 49.0 Å². The van der Waals surface area contributed by atoms with E-state index in [0.29, 0.717) is 44.1 Å². The largest absolute Gasteiger partial charge is 0.497 e. The summed E-state index contributed by atoms with van der Waals surface area (Å²) < 4.78 is 17.9. The number of carbonyl (C=O) groups excluding carboxylic acids is 2. The number of ether oxygens (including phenoxy) is 3. The van der Waals surface area contributed by atoms with E-state index in [1.54, 1.807) is 61.7 Å². The van der Waals surface area contributed by atoms with Gasteiger partial charge in [-0.2, -0.15) is 5.10 Å². The van der Waals surface area contributed by atoms with E-state index >= 15 is 0 Å². The Morgan fingerprint density at radius 1 is 1.09 bits per heavy atom. The van der Waals surface area contributed by atoms with Crippen LogP contribution < -0.4 is 19.6 Å². The Kier molecular flexibility index (Phi) is 8.84. The van der Waals surface area contributed by atoms with Gasteiger partial charge in [0, 0.05) is 10.0 Å². The fourth-order valence-corrected chi connectivity index (χ4v) is 3.90. The molecule has 33 heavy (non-hydrogen) atoms. The third-order valence-electron chi connectivity index (χ3n) is 4.32. The van der Waals surface area contributed by atoms with Crippen LogP contribution in [0.5, 0.6) is 17.2 Å². The number of hydrazone groups is 1. The topological polar surface area (TPSA) is 86.2 Å². The Morgan fingerprint density at radius 2 is 1.85 bits per heavy atom. The van der Waals surface area contributed by atoms with E-state index in [4.69, 9.17) is 14.2 Å². The maximum absolute atomic E-state index is 12.6. The van der Waals surface area contributed by atoms with Gasteiger partial charge in [-0.15, -0.1) is 0 Å². The molecule has 9 heteroatoms. The number of nitrogens with one attached hydrogen (secondary N) is 1. The summed E-state index contributed by atoms with van der Waals surface area (Å²) >= 11 is 5.40. The number of methoxy groups -OCH3 is 1. The highest BCUT2D eigenvalue weighted by Crippen LogP contribution is 2.34. The summed E-state index contributed by atoms with van der Waals surface area (Å²) in [6, 6.07) is 17.1. The lowest BCUT2D eigenvalue weighted by molar-refractivity contribution is 0.0726. The molecule has 0 aliphatic carbocycles. The lowest BCUT2D eigenvalue weighted by Crippen LogP contribution is -2.17. The van der Waals surface area contributed by atoms with Crippen LogP contribution in [-0.2, 0) is 0 Å². The molecule has 0 heterocycles. The van der Waals surface area contributed by atoms with Crippen molar-refractivity contribution in [3.63, 3.8) is 0 Å². The van der Waals surface area contributed by atoms with Gasteiger partial charge in [0.1, 0.15) is 5.75 Å². The summed E-state index contributed by atoms with van der Waals surface area (Å²) in [5.74, 6) is 0.503. The highest BCUT2D eigenvalue weighted by atomic mass is 127. The zero-order valence-electron chi connectivity index (χ0n) is 17.8. The number of halogens is 2. The van der Waals surface area contributed by atoms with Crippen LogP contribution in [0.4, 0.5) is 0 Å². The molecule has 7 nitrogen and oxygen atoms in total. The van der Waals surface area contributed by atoms with E-state index < -0.39 is 5.97 Å². The van der Waals surface area contributed by atoms with Gasteiger partial charge < -0.3 is 14.2 Å². The lowest BCUT2D eigenvalue weighted by Gasteiger charge is -2.13. The third kappa shape index (κ3) is 6.78. The third-order valence-corrected chi connectivity index (χ3v) is 5.61. The van der Waals surface area contributed by atoms with Gasteiger partial charge in [-0.3, -0.25) is 4.79 Å². The summed E-state index contributed by atoms with van der Waals surface area (Å²) in [6.45, 7) is 2.21. The van der Waals surface area contributed by atoms with Crippen molar-refractivity contribution < 1.29 is 23.8 Å². The molecule has 1 amide bonds. The van der Waals surface area contributed by atoms with Gasteiger partial charge in [0.25, 0.3) is 5.91 Å². The molecule has 0 aromatic heterocycles. The summed E-state index contributed by atoms with van der Waals surface area (Å²) in [4.78, 5) is 24.9. The first-order valence-corrected chi connectivity index (χ1v) is 11.7. The monoisotopic (exact) mass is 622 g/mol. The van der Waals surface area contributed by atoms with Crippen LogP contribution in [0.1, 0.15) is 33.2 Å². The molecule has 0 aliphatic rings. The van der Waals surface area contributed by atoms with Crippen LogP contribution in [0.15, 0.2) is 70.2 Å². The van der Waals surface area contributed by atoms with E-state index in [9.17, 15) is 9.59 Å². The van der Waals surface area contributed by atoms with Gasteiger partial charge in [-0.25, -0.2) is 10.2 Å². The van der Waals surface area contributed by atoms with Crippen LogP contribution in [0, 0.1) is 3.57 Å². The van der Waals surface area contributed by atoms with Gasteiger partial charge in [-0.05, 0) is 89.7 Å². The zero-order valence-corrected chi connectivity index (χ0v) is 21.5. The Morgan fingerprint density at radius 3 is 2.52 bits per heavy atom. The van der Waals surface area contributed by atoms with Crippen molar-refractivity contribution in [1.82, 2.24) is 5.43 Å². The van der Waals surface area contributed by atoms with Crippen LogP contribution in [-0.4, -0.2) is 31.8 Å². The Labute approximate surface area is 213 Å². The summed E-state index contributed by atoms with van der Waals surface area (Å²) in [7, 11) is 1.56. The molecule has 3 aromatic carbocycles. The summed E-state index contributed by atoms with van der Waals surface area (Å²) in [6.07, 6.45) is 1.50. The smallest absolute Gasteiger partial charge is 0.343 e. The van der Waals surface area contributed by atoms with Crippen molar-refractivity contribution in [1.29, 1.82) is 0 Å². The predicted octanol–water partition coefficient (Wildman–Crippen LogP) is 5.44. The Bertz CT molecular complexity index is 1180. The van der Waals surface area contributed by atoms with Gasteiger partial charge in [0.2, 0.25) is 0 Å². The normalized spacial score (nSPS) is 10.7. The number of amides is 1. The van der Waals surface area contributed by atoms with Crippen molar-refractivity contribution in [2.24, 2.45) is 5.10 Å². The molecule has 0 unspecified atom stereocenters. The van der Waals surface area contributed by atoms with E-state index in [1.807, 2.05) is 13.0 Å². The minimum atomic E-state index is -0.515. The fourth-order valence-electron chi connectivity index (χ4n) is 2.76. The van der Waals surface area contributed by atoms with Gasteiger partial charge in [-0.1, -0.05) is 22.0 Å². The van der Waals surface area contributed by atoms with Gasteiger partial charge in [0.05, 0.1) is 29.1 Å². The second kappa shape index (κ2) is 11.8. The van der Waals surface area contributed by atoms with Crippen LogP contribution in [0.3, 0.4) is 0 Å². The first-order chi connectivity index (χ1) is 15.9. The molecular weight excluding hydrogens is 603 g/mol. The van der Waals surface area contributed by atoms with Crippen LogP contribution in [0.2, 0.25) is 0 Å². The quantitative estimate of drug-likeness (QED) is 0.119. The van der Waals surface area contributed by atoms with E-state index in [0.717, 1.165) is 4.47 Å². The fraction of sp³-hybridized carbons (Fsp3) is 0.125. The number of nitrogens with zero attached hydrogens (tertiary/aromatic N) is 1. The second-order valence-corrected chi connectivity index (χ2v) is 8.67. The number of benzene rings is 3. The average Bonchev–Trinajstić information content (AvgIpc) is 2.81. The molecule has 170 valence electrons. The van der Waals surface area contributed by atoms with Crippen molar-refractivity contribution >= 4 is 56.6 Å². The predicted molar refractivity (Wildman–Crippen MR) is 137 cm³/mol. The molecular formula is C24H20BrIN2O5. The second-order valence-electron chi connectivity index (χ2n) is 6.59. The first-order valence-electron chi connectivity index (χ1n) is 9.82. The van der Waals surface area contributed by atoms with Crippen LogP contribution >= 0.6 is 38.5 Å². The molecule has 0 aliphatic heterocycles. The Balaban J connectivity index is 1.76. The first kappa shape index (κ1) is 24.7. The number of hydrogen-bond donors (Lipinski definition) is 1. The summed E-state index contributed by atoms with van der Waals surface area (Å²) in [5.41, 5.74) is 4.03. The standard InChI is InChI=1S/C24H20BrIN2O5/c1-3-32-21-12-15(14-27-28-23(29)17-5-4-6-18(25)13-17)11-20(26)22(21)33-24(30)16-7-9-19(31-2)10-8-16/h4-14H,3H2,1-2H3,(H,28,29)/b27-14-. The Hall–Kier alpha value is -2.92. The molecule has 0 spiro atoms. The lowest BCUT2D eigenvalue weighted by atomic mass is 10.2. The molecule has 0 bridgehead atoms. The van der Waals surface area contributed by atoms with Crippen molar-refractivity contribution in [3.8, 4) is 17.2 Å². The molecule has 0 saturated heterocycles. The molecule has 0 radical (unpaired) electrons.